The first-order valence-corrected chi connectivity index (χ1v) is 14.6. The van der Waals surface area contributed by atoms with Crippen molar-refractivity contribution in [2.24, 2.45) is 0 Å². The van der Waals surface area contributed by atoms with E-state index in [0.717, 1.165) is 5.56 Å². The molecule has 0 radical (unpaired) electrons. The van der Waals surface area contributed by atoms with Crippen LogP contribution < -0.4 is 9.92 Å². The highest BCUT2D eigenvalue weighted by Crippen LogP contribution is 2.34. The van der Waals surface area contributed by atoms with Crippen molar-refractivity contribution < 1.29 is 33.0 Å². The van der Waals surface area contributed by atoms with Crippen molar-refractivity contribution in [3.8, 4) is 5.75 Å². The third kappa shape index (κ3) is 5.52. The Hall–Kier alpha value is -3.07. The van der Waals surface area contributed by atoms with E-state index in [1.165, 1.54) is 24.1 Å². The van der Waals surface area contributed by atoms with Crippen LogP contribution >= 0.6 is 0 Å². The van der Waals surface area contributed by atoms with Crippen LogP contribution in [0, 0.1) is 11.6 Å². The molecule has 1 amide bonds. The van der Waals surface area contributed by atoms with Crippen molar-refractivity contribution in [3.63, 3.8) is 0 Å². The Morgan fingerprint density at radius 1 is 1.09 bits per heavy atom. The molecule has 1 N–H and O–H groups in total. The van der Waals surface area contributed by atoms with Gasteiger partial charge in [0, 0.05) is 24.6 Å². The van der Waals surface area contributed by atoms with E-state index in [1.54, 1.807) is 18.2 Å². The van der Waals surface area contributed by atoms with Gasteiger partial charge in [0.1, 0.15) is 23.4 Å². The summed E-state index contributed by atoms with van der Waals surface area (Å²) in [5, 5.41) is 9.05. The minimum Gasteiger partial charge on any atom is -0.497 e. The maximum atomic E-state index is 14.8. The van der Waals surface area contributed by atoms with Gasteiger partial charge in [0.2, 0.25) is 5.91 Å². The fraction of sp³-hybridized carbons (Fsp3) is 0.400. The number of amides is 1. The molecule has 0 aliphatic carbocycles. The van der Waals surface area contributed by atoms with Gasteiger partial charge in [0.05, 0.1) is 21.6 Å². The average molecular weight is 490 g/mol. The second-order valence-corrected chi connectivity index (χ2v) is 14.5. The van der Waals surface area contributed by atoms with Crippen LogP contribution in [0.3, 0.4) is 0 Å². The summed E-state index contributed by atoms with van der Waals surface area (Å²) in [7, 11) is -0.736. The summed E-state index contributed by atoms with van der Waals surface area (Å²) in [6.45, 7) is 5.75. The minimum absolute atomic E-state index is 0.0873. The lowest BCUT2D eigenvalue weighted by Crippen LogP contribution is -2.44. The molecule has 6 nitrogen and oxygen atoms in total. The Balaban J connectivity index is 1.96. The molecule has 3 rings (SSSR count). The number of halogens is 2. The molecule has 34 heavy (non-hydrogen) atoms. The molecule has 1 aliphatic rings. The maximum Gasteiger partial charge on any atom is 0.303 e. The van der Waals surface area contributed by atoms with Crippen molar-refractivity contribution in [1.82, 2.24) is 4.90 Å². The van der Waals surface area contributed by atoms with Gasteiger partial charge in [0.25, 0.3) is 0 Å². The van der Waals surface area contributed by atoms with Gasteiger partial charge in [-0.15, -0.1) is 0 Å². The van der Waals surface area contributed by atoms with E-state index in [0.29, 0.717) is 17.7 Å². The number of carboxylic acid groups (broad SMARTS) is 1. The number of aliphatic carboxylic acids is 1. The Morgan fingerprint density at radius 3 is 2.29 bits per heavy atom. The van der Waals surface area contributed by atoms with Gasteiger partial charge in [0.15, 0.2) is 5.78 Å². The number of hydrogen-bond donors (Lipinski definition) is 1. The number of benzene rings is 2. The second-order valence-electron chi connectivity index (χ2n) is 9.53. The van der Waals surface area contributed by atoms with Gasteiger partial charge in [-0.2, -0.15) is 0 Å². The number of Topliss-reactive ketones (excluding diaryl/α,β-unsaturated/α-hetero) is 1. The van der Waals surface area contributed by atoms with Crippen LogP contribution in [0.25, 0.3) is 0 Å². The molecule has 9 heteroatoms. The normalized spacial score (nSPS) is 15.6. The third-order valence-electron chi connectivity index (χ3n) is 5.99. The number of carbonyl (C=O) groups excluding carboxylic acids is 2. The zero-order chi connectivity index (χ0) is 25.2. The summed E-state index contributed by atoms with van der Waals surface area (Å²) in [6, 6.07) is 6.62. The Labute approximate surface area is 198 Å². The average Bonchev–Trinajstić information content (AvgIpc) is 2.74. The van der Waals surface area contributed by atoms with Crippen LogP contribution in [0.1, 0.15) is 35.6 Å². The molecule has 1 atom stereocenters. The predicted molar refractivity (Wildman–Crippen MR) is 126 cm³/mol. The molecule has 1 heterocycles. The molecule has 0 bridgehead atoms. The number of hydrogen-bond acceptors (Lipinski definition) is 4. The Kier molecular flexibility index (Phi) is 7.55. The van der Waals surface area contributed by atoms with Gasteiger partial charge >= 0.3 is 5.97 Å². The molecule has 0 spiro atoms. The lowest BCUT2D eigenvalue weighted by molar-refractivity contribution is -0.144. The molecule has 0 saturated carbocycles. The van der Waals surface area contributed by atoms with Crippen LogP contribution in [-0.2, 0) is 27.2 Å². The smallest absolute Gasteiger partial charge is 0.303 e. The molecule has 0 unspecified atom stereocenters. The largest absolute Gasteiger partial charge is 0.497 e. The standard InChI is InChI=1S/C25H29F2NO5Si/c1-33-17-5-6-18-16(14-17)9-10-28(22(30)7-8-23(31)32)24(18)21(29)13-15-11-19(26)25(20(27)12-15)34(2,3)4/h5-6,11-12,14,24H,7-10,13H2,1-4H3,(H,31,32)/t24-/m1/s1. The lowest BCUT2D eigenvalue weighted by atomic mass is 9.87. The maximum absolute atomic E-state index is 14.8. The molecule has 182 valence electrons. The first kappa shape index (κ1) is 25.5. The van der Waals surface area contributed by atoms with Gasteiger partial charge in [-0.05, 0) is 47.4 Å². The number of carbonyl (C=O) groups is 3. The van der Waals surface area contributed by atoms with Gasteiger partial charge in [-0.1, -0.05) is 25.7 Å². The fourth-order valence-electron chi connectivity index (χ4n) is 4.45. The van der Waals surface area contributed by atoms with E-state index < -0.39 is 43.4 Å². The van der Waals surface area contributed by atoms with Gasteiger partial charge in [-0.3, -0.25) is 14.4 Å². The molecule has 1 aliphatic heterocycles. The van der Waals surface area contributed by atoms with E-state index in [9.17, 15) is 23.2 Å². The number of ether oxygens (including phenoxy) is 1. The number of fused-ring (bicyclic) bond motifs is 1. The van der Waals surface area contributed by atoms with E-state index in [4.69, 9.17) is 9.84 Å². The van der Waals surface area contributed by atoms with Crippen molar-refractivity contribution >= 4 is 30.9 Å². The minimum atomic E-state index is -2.27. The first-order chi connectivity index (χ1) is 15.9. The fourth-order valence-corrected chi connectivity index (χ4v) is 6.02. The molecule has 2 aromatic carbocycles. The molecular weight excluding hydrogens is 460 g/mol. The Morgan fingerprint density at radius 2 is 1.74 bits per heavy atom. The summed E-state index contributed by atoms with van der Waals surface area (Å²) < 4.78 is 34.8. The van der Waals surface area contributed by atoms with Gasteiger partial charge < -0.3 is 14.7 Å². The zero-order valence-electron chi connectivity index (χ0n) is 19.8. The monoisotopic (exact) mass is 489 g/mol. The lowest BCUT2D eigenvalue weighted by Gasteiger charge is -2.37. The number of nitrogens with zero attached hydrogens (tertiary/aromatic N) is 1. The van der Waals surface area contributed by atoms with Crippen LogP contribution in [0.5, 0.6) is 5.75 Å². The van der Waals surface area contributed by atoms with E-state index in [2.05, 4.69) is 0 Å². The van der Waals surface area contributed by atoms with E-state index in [1.807, 2.05) is 19.6 Å². The summed E-state index contributed by atoms with van der Waals surface area (Å²) in [5.41, 5.74) is 1.65. The summed E-state index contributed by atoms with van der Waals surface area (Å²) >= 11 is 0. The number of methoxy groups -OCH3 is 1. The number of rotatable bonds is 8. The highest BCUT2D eigenvalue weighted by atomic mass is 28.3. The van der Waals surface area contributed by atoms with Crippen molar-refractivity contribution in [3.05, 3.63) is 58.7 Å². The van der Waals surface area contributed by atoms with Crippen molar-refractivity contribution in [2.45, 2.75) is 51.4 Å². The number of carboxylic acids is 1. The summed E-state index contributed by atoms with van der Waals surface area (Å²) in [4.78, 5) is 38.6. The van der Waals surface area contributed by atoms with Gasteiger partial charge in [-0.25, -0.2) is 8.78 Å². The second kappa shape index (κ2) is 10.0. The molecule has 0 saturated heterocycles. The summed E-state index contributed by atoms with van der Waals surface area (Å²) in [5.74, 6) is -2.66. The van der Waals surface area contributed by atoms with E-state index >= 15 is 0 Å². The molecular formula is C25H29F2NO5Si. The Bertz CT molecular complexity index is 1110. The van der Waals surface area contributed by atoms with Crippen molar-refractivity contribution in [2.75, 3.05) is 13.7 Å². The predicted octanol–water partition coefficient (Wildman–Crippen LogP) is 3.62. The molecule has 2 aromatic rings. The van der Waals surface area contributed by atoms with Crippen molar-refractivity contribution in [1.29, 1.82) is 0 Å². The van der Waals surface area contributed by atoms with Crippen LogP contribution in [0.2, 0.25) is 19.6 Å². The topological polar surface area (TPSA) is 83.9 Å². The highest BCUT2D eigenvalue weighted by molar-refractivity contribution is 6.88. The van der Waals surface area contributed by atoms with Crippen LogP contribution in [0.4, 0.5) is 8.78 Å². The molecule has 0 aromatic heterocycles. The number of ketones is 1. The SMILES string of the molecule is COc1ccc2c(c1)CCN(C(=O)CCC(=O)O)[C@H]2C(=O)Cc1cc(F)c([Si](C)(C)C)c(F)c1. The quantitative estimate of drug-likeness (QED) is 0.573. The van der Waals surface area contributed by atoms with Crippen LogP contribution in [0.15, 0.2) is 30.3 Å². The zero-order valence-corrected chi connectivity index (χ0v) is 20.8. The third-order valence-corrected chi connectivity index (χ3v) is 7.96. The van der Waals surface area contributed by atoms with E-state index in [-0.39, 0.29) is 36.6 Å². The first-order valence-electron chi connectivity index (χ1n) is 11.1. The summed E-state index contributed by atoms with van der Waals surface area (Å²) in [6.07, 6.45) is -0.374. The molecule has 0 fully saturated rings. The highest BCUT2D eigenvalue weighted by Gasteiger charge is 2.36. The van der Waals surface area contributed by atoms with Crippen LogP contribution in [-0.4, -0.2) is 49.4 Å².